The molecule has 0 unspecified atom stereocenters. The molecule has 0 amide bonds. The van der Waals surface area contributed by atoms with Crippen molar-refractivity contribution in [1.29, 1.82) is 0 Å². The molecule has 0 aliphatic carbocycles. The molecule has 1 heterocycles. The highest BCUT2D eigenvalue weighted by Crippen LogP contribution is 2.22. The first kappa shape index (κ1) is 11.2. The summed E-state index contributed by atoms with van der Waals surface area (Å²) >= 11 is 0. The standard InChI is InChI=1S/C12H16BNO2/c1-12(2,3)14-7-6-9-4-5-10(13(15)16)8-11(9)14/h4-8,15-16H,1-3H3. The molecule has 0 aliphatic heterocycles. The number of hydrogen-bond acceptors (Lipinski definition) is 2. The minimum absolute atomic E-state index is 0.0131. The van der Waals surface area contributed by atoms with Crippen LogP contribution in [0.5, 0.6) is 0 Å². The van der Waals surface area contributed by atoms with Gasteiger partial charge in [0.15, 0.2) is 0 Å². The SMILES string of the molecule is CC(C)(C)n1ccc2ccc(B(O)O)cc21. The second-order valence-corrected chi connectivity index (χ2v) is 5.05. The van der Waals surface area contributed by atoms with Crippen molar-refractivity contribution in [2.45, 2.75) is 26.3 Å². The zero-order valence-corrected chi connectivity index (χ0v) is 9.81. The molecule has 3 nitrogen and oxygen atoms in total. The van der Waals surface area contributed by atoms with Gasteiger partial charge in [0.25, 0.3) is 0 Å². The molecule has 0 bridgehead atoms. The molecule has 0 aliphatic rings. The lowest BCUT2D eigenvalue weighted by Gasteiger charge is -2.22. The van der Waals surface area contributed by atoms with Gasteiger partial charge in [-0.25, -0.2) is 0 Å². The maximum Gasteiger partial charge on any atom is 0.488 e. The second-order valence-electron chi connectivity index (χ2n) is 5.05. The Hall–Kier alpha value is -1.26. The smallest absolute Gasteiger partial charge is 0.423 e. The van der Waals surface area contributed by atoms with E-state index in [0.29, 0.717) is 5.46 Å². The number of fused-ring (bicyclic) bond motifs is 1. The first-order valence-electron chi connectivity index (χ1n) is 5.37. The van der Waals surface area contributed by atoms with Gasteiger partial charge in [-0.05, 0) is 43.8 Å². The fourth-order valence-corrected chi connectivity index (χ4v) is 1.89. The second kappa shape index (κ2) is 3.65. The summed E-state index contributed by atoms with van der Waals surface area (Å²) in [7, 11) is -1.41. The van der Waals surface area contributed by atoms with Crippen LogP contribution in [-0.4, -0.2) is 21.7 Å². The third-order valence-electron chi connectivity index (χ3n) is 2.74. The lowest BCUT2D eigenvalue weighted by molar-refractivity contribution is 0.410. The van der Waals surface area contributed by atoms with Crippen LogP contribution >= 0.6 is 0 Å². The predicted molar refractivity (Wildman–Crippen MR) is 66.8 cm³/mol. The number of rotatable bonds is 1. The zero-order chi connectivity index (χ0) is 11.9. The number of benzene rings is 1. The van der Waals surface area contributed by atoms with Gasteiger partial charge in [0.2, 0.25) is 0 Å². The van der Waals surface area contributed by atoms with E-state index >= 15 is 0 Å². The molecule has 2 N–H and O–H groups in total. The van der Waals surface area contributed by atoms with Gasteiger partial charge in [-0.2, -0.15) is 0 Å². The van der Waals surface area contributed by atoms with Gasteiger partial charge in [-0.3, -0.25) is 0 Å². The molecule has 1 aromatic carbocycles. The van der Waals surface area contributed by atoms with Crippen molar-refractivity contribution in [3.8, 4) is 0 Å². The minimum Gasteiger partial charge on any atom is -0.423 e. The Bertz CT molecular complexity index is 511. The number of hydrogen-bond donors (Lipinski definition) is 2. The molecule has 1 aromatic heterocycles. The third kappa shape index (κ3) is 1.86. The molecule has 0 atom stereocenters. The van der Waals surface area contributed by atoms with E-state index in [2.05, 4.69) is 25.3 Å². The van der Waals surface area contributed by atoms with Gasteiger partial charge in [-0.1, -0.05) is 12.1 Å². The van der Waals surface area contributed by atoms with Crippen molar-refractivity contribution in [1.82, 2.24) is 4.57 Å². The van der Waals surface area contributed by atoms with Crippen LogP contribution in [0.4, 0.5) is 0 Å². The van der Waals surface area contributed by atoms with E-state index in [1.807, 2.05) is 24.4 Å². The maximum atomic E-state index is 9.16. The summed E-state index contributed by atoms with van der Waals surface area (Å²) in [6.45, 7) is 6.36. The van der Waals surface area contributed by atoms with E-state index in [9.17, 15) is 0 Å². The van der Waals surface area contributed by atoms with Crippen molar-refractivity contribution in [3.05, 3.63) is 30.5 Å². The fraction of sp³-hybridized carbons (Fsp3) is 0.333. The zero-order valence-electron chi connectivity index (χ0n) is 9.81. The summed E-state index contributed by atoms with van der Waals surface area (Å²) in [4.78, 5) is 0. The lowest BCUT2D eigenvalue weighted by Crippen LogP contribution is -2.30. The molecule has 2 rings (SSSR count). The van der Waals surface area contributed by atoms with Crippen LogP contribution in [-0.2, 0) is 5.54 Å². The molecule has 84 valence electrons. The van der Waals surface area contributed by atoms with Crippen LogP contribution in [0.2, 0.25) is 0 Å². The molecule has 0 fully saturated rings. The normalized spacial score (nSPS) is 12.1. The molecule has 4 heteroatoms. The maximum absolute atomic E-state index is 9.16. The monoisotopic (exact) mass is 217 g/mol. The largest absolute Gasteiger partial charge is 0.488 e. The Balaban J connectivity index is 2.65. The fourth-order valence-electron chi connectivity index (χ4n) is 1.89. The van der Waals surface area contributed by atoms with Crippen LogP contribution < -0.4 is 5.46 Å². The highest BCUT2D eigenvalue weighted by molar-refractivity contribution is 6.58. The Morgan fingerprint density at radius 2 is 1.81 bits per heavy atom. The van der Waals surface area contributed by atoms with Crippen LogP contribution in [0, 0.1) is 0 Å². The minimum atomic E-state index is -1.41. The number of aromatic nitrogens is 1. The van der Waals surface area contributed by atoms with E-state index in [0.717, 1.165) is 10.9 Å². The summed E-state index contributed by atoms with van der Waals surface area (Å²) in [5.41, 5.74) is 1.54. The highest BCUT2D eigenvalue weighted by atomic mass is 16.4. The van der Waals surface area contributed by atoms with E-state index in [1.54, 1.807) is 6.07 Å². The van der Waals surface area contributed by atoms with E-state index in [4.69, 9.17) is 10.0 Å². The van der Waals surface area contributed by atoms with Crippen molar-refractivity contribution >= 4 is 23.5 Å². The van der Waals surface area contributed by atoms with Crippen molar-refractivity contribution in [2.24, 2.45) is 0 Å². The molecule has 0 saturated heterocycles. The van der Waals surface area contributed by atoms with Crippen LogP contribution in [0.1, 0.15) is 20.8 Å². The first-order chi connectivity index (χ1) is 7.39. The van der Waals surface area contributed by atoms with E-state index in [1.165, 1.54) is 0 Å². The van der Waals surface area contributed by atoms with Gasteiger partial charge in [0.05, 0.1) is 0 Å². The Kier molecular flexibility index (Phi) is 2.56. The topological polar surface area (TPSA) is 45.4 Å². The van der Waals surface area contributed by atoms with Crippen molar-refractivity contribution in [2.75, 3.05) is 0 Å². The molecule has 0 radical (unpaired) electrons. The molecular weight excluding hydrogens is 201 g/mol. The lowest BCUT2D eigenvalue weighted by atomic mass is 9.80. The predicted octanol–water partition coefficient (Wildman–Crippen LogP) is 1.08. The Morgan fingerprint density at radius 3 is 2.38 bits per heavy atom. The van der Waals surface area contributed by atoms with Crippen LogP contribution in [0.3, 0.4) is 0 Å². The van der Waals surface area contributed by atoms with Crippen LogP contribution in [0.15, 0.2) is 30.5 Å². The number of nitrogens with zero attached hydrogens (tertiary/aromatic N) is 1. The first-order valence-corrected chi connectivity index (χ1v) is 5.37. The summed E-state index contributed by atoms with van der Waals surface area (Å²) in [6, 6.07) is 7.51. The third-order valence-corrected chi connectivity index (χ3v) is 2.74. The average molecular weight is 217 g/mol. The Labute approximate surface area is 95.5 Å². The Morgan fingerprint density at radius 1 is 1.12 bits per heavy atom. The summed E-state index contributed by atoms with van der Waals surface area (Å²) < 4.78 is 2.13. The van der Waals surface area contributed by atoms with E-state index in [-0.39, 0.29) is 5.54 Å². The molecule has 16 heavy (non-hydrogen) atoms. The molecule has 2 aromatic rings. The molecule has 0 spiro atoms. The van der Waals surface area contributed by atoms with Crippen LogP contribution in [0.25, 0.3) is 10.9 Å². The highest BCUT2D eigenvalue weighted by Gasteiger charge is 2.17. The molecular formula is C12H16BNO2. The van der Waals surface area contributed by atoms with Gasteiger partial charge >= 0.3 is 7.12 Å². The van der Waals surface area contributed by atoms with Crippen molar-refractivity contribution < 1.29 is 10.0 Å². The summed E-state index contributed by atoms with van der Waals surface area (Å²) in [5, 5.41) is 19.4. The van der Waals surface area contributed by atoms with Gasteiger partial charge in [0.1, 0.15) is 0 Å². The average Bonchev–Trinajstić information content (AvgIpc) is 2.58. The van der Waals surface area contributed by atoms with Gasteiger partial charge in [-0.15, -0.1) is 0 Å². The quantitative estimate of drug-likeness (QED) is 0.702. The molecule has 0 saturated carbocycles. The van der Waals surface area contributed by atoms with Gasteiger partial charge in [0, 0.05) is 17.3 Å². The summed E-state index contributed by atoms with van der Waals surface area (Å²) in [6.07, 6.45) is 2.03. The van der Waals surface area contributed by atoms with E-state index < -0.39 is 7.12 Å². The van der Waals surface area contributed by atoms with Crippen molar-refractivity contribution in [3.63, 3.8) is 0 Å². The summed E-state index contributed by atoms with van der Waals surface area (Å²) in [5.74, 6) is 0. The van der Waals surface area contributed by atoms with Gasteiger partial charge < -0.3 is 14.6 Å².